The molecule has 0 fully saturated rings. The molecule has 0 aromatic heterocycles. The van der Waals surface area contributed by atoms with Crippen LogP contribution < -0.4 is 10.6 Å². The third-order valence-corrected chi connectivity index (χ3v) is 3.35. The predicted octanol–water partition coefficient (Wildman–Crippen LogP) is 2.70. The number of nitriles is 1. The van der Waals surface area contributed by atoms with Crippen molar-refractivity contribution in [3.63, 3.8) is 0 Å². The van der Waals surface area contributed by atoms with E-state index in [9.17, 15) is 14.4 Å². The van der Waals surface area contributed by atoms with Crippen LogP contribution in [0.5, 0.6) is 0 Å². The summed E-state index contributed by atoms with van der Waals surface area (Å²) in [6.45, 7) is 2.81. The molecule has 0 saturated carbocycles. The Morgan fingerprint density at radius 3 is 2.35 bits per heavy atom. The van der Waals surface area contributed by atoms with Crippen molar-refractivity contribution in [3.05, 3.63) is 59.7 Å². The van der Waals surface area contributed by atoms with Crippen molar-refractivity contribution in [1.29, 1.82) is 5.26 Å². The molecule has 0 aliphatic heterocycles. The molecule has 0 bridgehead atoms. The smallest absolute Gasteiger partial charge is 0.338 e. The second-order valence-electron chi connectivity index (χ2n) is 5.49. The SMILES string of the molecule is CC(=O)Nc1cccc(C(=O)O[C@H](C)C(=O)Nc2ccc(C#N)cc2)c1. The fourth-order valence-corrected chi connectivity index (χ4v) is 2.08. The molecule has 7 nitrogen and oxygen atoms in total. The number of carbonyl (C=O) groups is 3. The molecule has 2 rings (SSSR count). The summed E-state index contributed by atoms with van der Waals surface area (Å²) in [4.78, 5) is 35.4. The molecular weight excluding hydrogens is 334 g/mol. The predicted molar refractivity (Wildman–Crippen MR) is 95.4 cm³/mol. The van der Waals surface area contributed by atoms with E-state index in [0.29, 0.717) is 16.9 Å². The highest BCUT2D eigenvalue weighted by Gasteiger charge is 2.19. The molecule has 0 heterocycles. The van der Waals surface area contributed by atoms with E-state index in [-0.39, 0.29) is 11.5 Å². The van der Waals surface area contributed by atoms with Gasteiger partial charge < -0.3 is 15.4 Å². The zero-order valence-electron chi connectivity index (χ0n) is 14.3. The van der Waals surface area contributed by atoms with E-state index in [0.717, 1.165) is 0 Å². The van der Waals surface area contributed by atoms with Crippen molar-refractivity contribution >= 4 is 29.2 Å². The molecular formula is C19H17N3O4. The lowest BCUT2D eigenvalue weighted by Crippen LogP contribution is -2.30. The molecule has 0 aliphatic rings. The van der Waals surface area contributed by atoms with Crippen LogP contribution in [0.15, 0.2) is 48.5 Å². The summed E-state index contributed by atoms with van der Waals surface area (Å²) in [5.41, 5.74) is 1.64. The zero-order valence-corrected chi connectivity index (χ0v) is 14.3. The van der Waals surface area contributed by atoms with E-state index < -0.39 is 18.0 Å². The van der Waals surface area contributed by atoms with Gasteiger partial charge in [-0.3, -0.25) is 9.59 Å². The quantitative estimate of drug-likeness (QED) is 0.805. The summed E-state index contributed by atoms with van der Waals surface area (Å²) in [5.74, 6) is -1.44. The van der Waals surface area contributed by atoms with E-state index in [4.69, 9.17) is 10.00 Å². The Morgan fingerprint density at radius 1 is 1.04 bits per heavy atom. The highest BCUT2D eigenvalue weighted by atomic mass is 16.5. The van der Waals surface area contributed by atoms with E-state index in [1.54, 1.807) is 36.4 Å². The number of benzene rings is 2. The largest absolute Gasteiger partial charge is 0.449 e. The summed E-state index contributed by atoms with van der Waals surface area (Å²) >= 11 is 0. The Kier molecular flexibility index (Phi) is 6.06. The summed E-state index contributed by atoms with van der Waals surface area (Å²) in [5, 5.41) is 13.9. The number of rotatable bonds is 5. The molecule has 0 spiro atoms. The Morgan fingerprint density at radius 2 is 1.73 bits per heavy atom. The number of carbonyl (C=O) groups excluding carboxylic acids is 3. The molecule has 2 aromatic carbocycles. The molecule has 2 N–H and O–H groups in total. The second-order valence-corrected chi connectivity index (χ2v) is 5.49. The highest BCUT2D eigenvalue weighted by molar-refractivity contribution is 5.98. The number of esters is 1. The zero-order chi connectivity index (χ0) is 19.1. The van der Waals surface area contributed by atoms with Gasteiger partial charge in [-0.15, -0.1) is 0 Å². The molecule has 26 heavy (non-hydrogen) atoms. The van der Waals surface area contributed by atoms with Gasteiger partial charge >= 0.3 is 5.97 Å². The number of ether oxygens (including phenoxy) is 1. The number of hydrogen-bond acceptors (Lipinski definition) is 5. The van der Waals surface area contributed by atoms with Crippen LogP contribution in [0.3, 0.4) is 0 Å². The normalized spacial score (nSPS) is 11.0. The van der Waals surface area contributed by atoms with Gasteiger partial charge in [0, 0.05) is 18.3 Å². The monoisotopic (exact) mass is 351 g/mol. The van der Waals surface area contributed by atoms with Gasteiger partial charge in [-0.25, -0.2) is 4.79 Å². The fourth-order valence-electron chi connectivity index (χ4n) is 2.08. The Hall–Kier alpha value is -3.66. The minimum atomic E-state index is -1.03. The third kappa shape index (κ3) is 5.18. The second kappa shape index (κ2) is 8.44. The number of nitrogens with zero attached hydrogens (tertiary/aromatic N) is 1. The average molecular weight is 351 g/mol. The summed E-state index contributed by atoms with van der Waals surface area (Å²) < 4.78 is 5.16. The first-order chi connectivity index (χ1) is 12.4. The molecule has 0 radical (unpaired) electrons. The Bertz CT molecular complexity index is 869. The Labute approximate surface area is 150 Å². The van der Waals surface area contributed by atoms with Crippen LogP contribution in [0.2, 0.25) is 0 Å². The van der Waals surface area contributed by atoms with E-state index in [1.165, 1.54) is 26.0 Å². The van der Waals surface area contributed by atoms with Gasteiger partial charge in [-0.05, 0) is 49.4 Å². The summed E-state index contributed by atoms with van der Waals surface area (Å²) in [6.07, 6.45) is -1.03. The summed E-state index contributed by atoms with van der Waals surface area (Å²) in [7, 11) is 0. The lowest BCUT2D eigenvalue weighted by atomic mass is 10.2. The number of hydrogen-bond donors (Lipinski definition) is 2. The molecule has 0 unspecified atom stereocenters. The average Bonchev–Trinajstić information content (AvgIpc) is 2.62. The number of amides is 2. The number of nitrogens with one attached hydrogen (secondary N) is 2. The van der Waals surface area contributed by atoms with Crippen LogP contribution in [0.25, 0.3) is 0 Å². The van der Waals surface area contributed by atoms with Crippen LogP contribution in [0.1, 0.15) is 29.8 Å². The molecule has 1 atom stereocenters. The fraction of sp³-hybridized carbons (Fsp3) is 0.158. The standard InChI is InChI=1S/C19H17N3O4/c1-12(18(24)22-16-8-6-14(11-20)7-9-16)26-19(25)15-4-3-5-17(10-15)21-13(2)23/h3-10,12H,1-2H3,(H,21,23)(H,22,24)/t12-/m1/s1. The van der Waals surface area contributed by atoms with Crippen molar-refractivity contribution in [2.24, 2.45) is 0 Å². The minimum absolute atomic E-state index is 0.217. The molecule has 0 saturated heterocycles. The van der Waals surface area contributed by atoms with Gasteiger partial charge in [0.1, 0.15) is 0 Å². The maximum absolute atomic E-state index is 12.2. The van der Waals surface area contributed by atoms with E-state index in [1.807, 2.05) is 6.07 Å². The van der Waals surface area contributed by atoms with Crippen molar-refractivity contribution in [3.8, 4) is 6.07 Å². The maximum Gasteiger partial charge on any atom is 0.338 e. The van der Waals surface area contributed by atoms with E-state index in [2.05, 4.69) is 10.6 Å². The van der Waals surface area contributed by atoms with Gasteiger partial charge in [-0.2, -0.15) is 5.26 Å². The van der Waals surface area contributed by atoms with Crippen LogP contribution in [0, 0.1) is 11.3 Å². The van der Waals surface area contributed by atoms with Crippen molar-refractivity contribution in [2.45, 2.75) is 20.0 Å². The minimum Gasteiger partial charge on any atom is -0.449 e. The van der Waals surface area contributed by atoms with Gasteiger partial charge in [0.15, 0.2) is 6.10 Å². The number of anilines is 2. The van der Waals surface area contributed by atoms with Gasteiger partial charge in [0.05, 0.1) is 17.2 Å². The van der Waals surface area contributed by atoms with Crippen molar-refractivity contribution < 1.29 is 19.1 Å². The first kappa shape index (κ1) is 18.7. The van der Waals surface area contributed by atoms with Crippen LogP contribution in [0.4, 0.5) is 11.4 Å². The molecule has 2 amide bonds. The highest BCUT2D eigenvalue weighted by Crippen LogP contribution is 2.14. The van der Waals surface area contributed by atoms with Gasteiger partial charge in [0.25, 0.3) is 5.91 Å². The first-order valence-corrected chi connectivity index (χ1v) is 7.78. The first-order valence-electron chi connectivity index (χ1n) is 7.78. The van der Waals surface area contributed by atoms with Crippen molar-refractivity contribution in [2.75, 3.05) is 10.6 Å². The van der Waals surface area contributed by atoms with Crippen molar-refractivity contribution in [1.82, 2.24) is 0 Å². The Balaban J connectivity index is 1.98. The topological polar surface area (TPSA) is 108 Å². The third-order valence-electron chi connectivity index (χ3n) is 3.35. The summed E-state index contributed by atoms with van der Waals surface area (Å²) in [6, 6.07) is 14.5. The lowest BCUT2D eigenvalue weighted by Gasteiger charge is -2.14. The van der Waals surface area contributed by atoms with Crippen LogP contribution >= 0.6 is 0 Å². The molecule has 7 heteroatoms. The van der Waals surface area contributed by atoms with Crippen LogP contribution in [-0.4, -0.2) is 23.9 Å². The van der Waals surface area contributed by atoms with Gasteiger partial charge in [-0.1, -0.05) is 6.07 Å². The van der Waals surface area contributed by atoms with Crippen LogP contribution in [-0.2, 0) is 14.3 Å². The molecule has 132 valence electrons. The van der Waals surface area contributed by atoms with Gasteiger partial charge in [0.2, 0.25) is 5.91 Å². The molecule has 0 aliphatic carbocycles. The van der Waals surface area contributed by atoms with E-state index >= 15 is 0 Å². The maximum atomic E-state index is 12.2. The lowest BCUT2D eigenvalue weighted by molar-refractivity contribution is -0.123. The molecule has 2 aromatic rings.